The van der Waals surface area contributed by atoms with Crippen molar-refractivity contribution in [2.24, 2.45) is 0 Å². The van der Waals surface area contributed by atoms with Crippen LogP contribution in [0, 0.1) is 5.82 Å². The molecular formula is C25H18ClFN2O4S. The quantitative estimate of drug-likeness (QED) is 0.422. The van der Waals surface area contributed by atoms with E-state index in [-0.39, 0.29) is 22.1 Å². The molecule has 0 bridgehead atoms. The molecule has 1 fully saturated rings. The Labute approximate surface area is 204 Å². The zero-order chi connectivity index (χ0) is 24.1. The van der Waals surface area contributed by atoms with Gasteiger partial charge < -0.3 is 10.1 Å². The van der Waals surface area contributed by atoms with E-state index >= 15 is 0 Å². The number of imide groups is 1. The fourth-order valence-electron chi connectivity index (χ4n) is 3.19. The summed E-state index contributed by atoms with van der Waals surface area (Å²) in [4.78, 5) is 38.6. The molecule has 0 saturated carbocycles. The number of benzene rings is 3. The number of rotatable bonds is 7. The van der Waals surface area contributed by atoms with Gasteiger partial charge in [-0.15, -0.1) is 0 Å². The summed E-state index contributed by atoms with van der Waals surface area (Å²) in [5.74, 6) is -1.17. The molecule has 1 aliphatic heterocycles. The number of hydrogen-bond acceptors (Lipinski definition) is 5. The highest BCUT2D eigenvalue weighted by Crippen LogP contribution is 2.34. The van der Waals surface area contributed by atoms with Crippen LogP contribution in [0.2, 0.25) is 5.02 Å². The molecule has 0 aromatic heterocycles. The normalized spacial score (nSPS) is 14.5. The first-order chi connectivity index (χ1) is 16.4. The van der Waals surface area contributed by atoms with Crippen LogP contribution in [0.25, 0.3) is 6.08 Å². The number of nitrogens with one attached hydrogen (secondary N) is 1. The number of para-hydroxylation sites is 2. The maximum Gasteiger partial charge on any atom is 0.294 e. The average molecular weight is 497 g/mol. The van der Waals surface area contributed by atoms with Crippen LogP contribution in [0.3, 0.4) is 0 Å². The third kappa shape index (κ3) is 5.47. The molecule has 1 N–H and O–H groups in total. The van der Waals surface area contributed by atoms with Crippen LogP contribution < -0.4 is 10.1 Å². The molecule has 0 aliphatic carbocycles. The number of amides is 3. The minimum atomic E-state index is -0.579. The summed E-state index contributed by atoms with van der Waals surface area (Å²) in [6, 6.07) is 20.0. The van der Waals surface area contributed by atoms with Gasteiger partial charge in [0.1, 0.15) is 24.7 Å². The first-order valence-corrected chi connectivity index (χ1v) is 11.4. The Morgan fingerprint density at radius 2 is 1.76 bits per heavy atom. The summed E-state index contributed by atoms with van der Waals surface area (Å²) in [6.07, 6.45) is 1.51. The van der Waals surface area contributed by atoms with E-state index in [9.17, 15) is 18.8 Å². The molecule has 0 radical (unpaired) electrons. The third-order valence-electron chi connectivity index (χ3n) is 4.87. The average Bonchev–Trinajstić information content (AvgIpc) is 3.07. The molecule has 3 aromatic carbocycles. The smallest absolute Gasteiger partial charge is 0.294 e. The van der Waals surface area contributed by atoms with Gasteiger partial charge in [0, 0.05) is 16.8 Å². The molecule has 3 amide bonds. The Morgan fingerprint density at radius 1 is 1.03 bits per heavy atom. The van der Waals surface area contributed by atoms with Gasteiger partial charge in [-0.1, -0.05) is 54.1 Å². The van der Waals surface area contributed by atoms with Crippen molar-refractivity contribution in [1.29, 1.82) is 0 Å². The van der Waals surface area contributed by atoms with Crippen LogP contribution in [-0.4, -0.2) is 28.5 Å². The van der Waals surface area contributed by atoms with Crippen molar-refractivity contribution in [3.05, 3.63) is 99.7 Å². The molecule has 0 atom stereocenters. The van der Waals surface area contributed by atoms with E-state index in [1.807, 2.05) is 6.07 Å². The number of halogens is 2. The van der Waals surface area contributed by atoms with E-state index in [4.69, 9.17) is 16.3 Å². The van der Waals surface area contributed by atoms with E-state index in [0.29, 0.717) is 17.0 Å². The van der Waals surface area contributed by atoms with Crippen molar-refractivity contribution in [3.8, 4) is 5.75 Å². The minimum absolute atomic E-state index is 0.114. The Balaban J connectivity index is 1.47. The van der Waals surface area contributed by atoms with E-state index in [1.54, 1.807) is 54.6 Å². The molecule has 3 aromatic rings. The molecule has 34 heavy (non-hydrogen) atoms. The lowest BCUT2D eigenvalue weighted by atomic mass is 10.1. The molecule has 0 unspecified atom stereocenters. The Kier molecular flexibility index (Phi) is 7.30. The molecule has 0 spiro atoms. The Hall–Kier alpha value is -3.62. The van der Waals surface area contributed by atoms with Crippen molar-refractivity contribution in [1.82, 2.24) is 4.90 Å². The Morgan fingerprint density at radius 3 is 2.53 bits per heavy atom. The zero-order valence-electron chi connectivity index (χ0n) is 17.7. The molecule has 1 heterocycles. The second-order valence-electron chi connectivity index (χ2n) is 7.21. The first kappa shape index (κ1) is 23.5. The lowest BCUT2D eigenvalue weighted by Crippen LogP contribution is -2.36. The summed E-state index contributed by atoms with van der Waals surface area (Å²) in [5, 5.41) is 2.35. The van der Waals surface area contributed by atoms with Gasteiger partial charge in [-0.05, 0) is 48.2 Å². The summed E-state index contributed by atoms with van der Waals surface area (Å²) in [6.45, 7) is -0.516. The third-order valence-corrected chi connectivity index (χ3v) is 6.13. The van der Waals surface area contributed by atoms with Gasteiger partial charge in [-0.2, -0.15) is 0 Å². The number of carbonyl (C=O) groups is 3. The minimum Gasteiger partial charge on any atom is -0.488 e. The van der Waals surface area contributed by atoms with Crippen molar-refractivity contribution >= 4 is 52.2 Å². The topological polar surface area (TPSA) is 75.7 Å². The van der Waals surface area contributed by atoms with Gasteiger partial charge in [-0.25, -0.2) is 4.39 Å². The number of ether oxygens (including phenoxy) is 1. The highest BCUT2D eigenvalue weighted by Gasteiger charge is 2.36. The molecule has 1 aliphatic rings. The summed E-state index contributed by atoms with van der Waals surface area (Å²) in [7, 11) is 0. The van der Waals surface area contributed by atoms with Gasteiger partial charge in [0.2, 0.25) is 5.91 Å². The maximum absolute atomic E-state index is 14.1. The molecule has 1 saturated heterocycles. The van der Waals surface area contributed by atoms with E-state index in [0.717, 1.165) is 16.7 Å². The Bertz CT molecular complexity index is 1260. The van der Waals surface area contributed by atoms with Crippen molar-refractivity contribution in [2.45, 2.75) is 6.61 Å². The second-order valence-corrected chi connectivity index (χ2v) is 8.61. The van der Waals surface area contributed by atoms with Crippen LogP contribution >= 0.6 is 23.4 Å². The summed E-state index contributed by atoms with van der Waals surface area (Å²) in [5.41, 5.74) is 1.30. The van der Waals surface area contributed by atoms with E-state index < -0.39 is 29.4 Å². The molecular weight excluding hydrogens is 479 g/mol. The zero-order valence-corrected chi connectivity index (χ0v) is 19.2. The number of hydrogen-bond donors (Lipinski definition) is 1. The number of anilines is 1. The summed E-state index contributed by atoms with van der Waals surface area (Å²) >= 11 is 6.80. The molecule has 9 heteroatoms. The lowest BCUT2D eigenvalue weighted by Gasteiger charge is -2.13. The highest BCUT2D eigenvalue weighted by atomic mass is 35.5. The van der Waals surface area contributed by atoms with Gasteiger partial charge in [-0.3, -0.25) is 19.3 Å². The van der Waals surface area contributed by atoms with Crippen LogP contribution in [0.5, 0.6) is 5.75 Å². The predicted molar refractivity (Wildman–Crippen MR) is 130 cm³/mol. The van der Waals surface area contributed by atoms with Crippen LogP contribution in [0.15, 0.2) is 77.7 Å². The monoisotopic (exact) mass is 496 g/mol. The number of thioether (sulfide) groups is 1. The SMILES string of the molecule is O=C(CN1C(=O)S/C(=C\c2ccccc2OCc2c(F)cccc2Cl)C1=O)Nc1ccccc1. The molecule has 4 rings (SSSR count). The highest BCUT2D eigenvalue weighted by molar-refractivity contribution is 8.18. The van der Waals surface area contributed by atoms with Crippen LogP contribution in [0.1, 0.15) is 11.1 Å². The summed E-state index contributed by atoms with van der Waals surface area (Å²) < 4.78 is 19.8. The molecule has 172 valence electrons. The van der Waals surface area contributed by atoms with E-state index in [2.05, 4.69) is 5.32 Å². The number of carbonyl (C=O) groups excluding carboxylic acids is 3. The fraction of sp³-hybridized carbons (Fsp3) is 0.0800. The molecule has 6 nitrogen and oxygen atoms in total. The van der Waals surface area contributed by atoms with Gasteiger partial charge in [0.15, 0.2) is 0 Å². The van der Waals surface area contributed by atoms with Gasteiger partial charge in [0.05, 0.1) is 9.93 Å². The predicted octanol–water partition coefficient (Wildman–Crippen LogP) is 5.73. The number of nitrogens with zero attached hydrogens (tertiary/aromatic N) is 1. The fourth-order valence-corrected chi connectivity index (χ4v) is 4.24. The van der Waals surface area contributed by atoms with Gasteiger partial charge >= 0.3 is 0 Å². The van der Waals surface area contributed by atoms with Crippen LogP contribution in [-0.2, 0) is 16.2 Å². The lowest BCUT2D eigenvalue weighted by molar-refractivity contribution is -0.127. The van der Waals surface area contributed by atoms with Gasteiger partial charge in [0.25, 0.3) is 11.1 Å². The standard InChI is InChI=1S/C25H18ClFN2O4S/c26-19-10-6-11-20(27)18(19)15-33-21-12-5-4-7-16(21)13-22-24(31)29(25(32)34-22)14-23(30)28-17-8-2-1-3-9-17/h1-13H,14-15H2,(H,28,30)/b22-13-. The van der Waals surface area contributed by atoms with Crippen molar-refractivity contribution in [2.75, 3.05) is 11.9 Å². The first-order valence-electron chi connectivity index (χ1n) is 10.2. The second kappa shape index (κ2) is 10.5. The largest absolute Gasteiger partial charge is 0.488 e. The van der Waals surface area contributed by atoms with Crippen LogP contribution in [0.4, 0.5) is 14.9 Å². The van der Waals surface area contributed by atoms with Crippen molar-refractivity contribution < 1.29 is 23.5 Å². The van der Waals surface area contributed by atoms with E-state index in [1.165, 1.54) is 18.2 Å². The maximum atomic E-state index is 14.1. The van der Waals surface area contributed by atoms with Crippen molar-refractivity contribution in [3.63, 3.8) is 0 Å².